The molecule has 0 unspecified atom stereocenters. The van der Waals surface area contributed by atoms with E-state index in [1.54, 1.807) is 0 Å². The molecule has 0 spiro atoms. The Morgan fingerprint density at radius 1 is 1.56 bits per heavy atom. The largest absolute Gasteiger partial charge is 0.396 e. The van der Waals surface area contributed by atoms with Gasteiger partial charge in [0.15, 0.2) is 0 Å². The Labute approximate surface area is 101 Å². The molecule has 7 heteroatoms. The standard InChI is InChI=1S/C9H9ClFNO3S/c10-6-4-8(12(14)15)9(5-7(6)11)16-3-1-2-13/h4-5,13H,1-3H2. The van der Waals surface area contributed by atoms with Crippen molar-refractivity contribution < 1.29 is 14.4 Å². The van der Waals surface area contributed by atoms with Gasteiger partial charge in [0.1, 0.15) is 5.82 Å². The molecule has 0 amide bonds. The molecule has 0 saturated heterocycles. The molecule has 0 saturated carbocycles. The fraction of sp³-hybridized carbons (Fsp3) is 0.333. The predicted octanol–water partition coefficient (Wildman–Crippen LogP) is 2.86. The number of thioether (sulfide) groups is 1. The monoisotopic (exact) mass is 265 g/mol. The molecule has 1 aromatic carbocycles. The van der Waals surface area contributed by atoms with Crippen LogP contribution in [0.25, 0.3) is 0 Å². The summed E-state index contributed by atoms with van der Waals surface area (Å²) in [6, 6.07) is 2.04. The summed E-state index contributed by atoms with van der Waals surface area (Å²) in [4.78, 5) is 10.3. The van der Waals surface area contributed by atoms with E-state index in [1.807, 2.05) is 0 Å². The lowest BCUT2D eigenvalue weighted by molar-refractivity contribution is -0.387. The van der Waals surface area contributed by atoms with E-state index < -0.39 is 10.7 Å². The van der Waals surface area contributed by atoms with Gasteiger partial charge in [0.25, 0.3) is 5.69 Å². The topological polar surface area (TPSA) is 63.4 Å². The highest BCUT2D eigenvalue weighted by Crippen LogP contribution is 2.33. The third kappa shape index (κ3) is 3.33. The van der Waals surface area contributed by atoms with Crippen molar-refractivity contribution in [2.45, 2.75) is 11.3 Å². The Hall–Kier alpha value is -0.850. The van der Waals surface area contributed by atoms with Crippen molar-refractivity contribution >= 4 is 29.1 Å². The lowest BCUT2D eigenvalue weighted by Gasteiger charge is -2.03. The highest BCUT2D eigenvalue weighted by atomic mass is 35.5. The third-order valence-corrected chi connectivity index (χ3v) is 3.18. The molecule has 0 aliphatic carbocycles. The first-order valence-corrected chi connectivity index (χ1v) is 5.79. The molecule has 88 valence electrons. The van der Waals surface area contributed by atoms with Crippen molar-refractivity contribution in [3.8, 4) is 0 Å². The zero-order valence-electron chi connectivity index (χ0n) is 8.15. The summed E-state index contributed by atoms with van der Waals surface area (Å²) >= 11 is 6.59. The molecule has 0 aliphatic rings. The molecule has 0 heterocycles. The van der Waals surface area contributed by atoms with Gasteiger partial charge < -0.3 is 5.11 Å². The molecular formula is C9H9ClFNO3S. The average Bonchev–Trinajstić information content (AvgIpc) is 2.23. The van der Waals surface area contributed by atoms with E-state index in [-0.39, 0.29) is 22.2 Å². The number of halogens is 2. The Kier molecular flexibility index (Phi) is 4.98. The van der Waals surface area contributed by atoms with Crippen molar-refractivity contribution in [3.63, 3.8) is 0 Å². The SMILES string of the molecule is O=[N+]([O-])c1cc(Cl)c(F)cc1SCCCO. The number of hydrogen-bond donors (Lipinski definition) is 1. The molecule has 0 aliphatic heterocycles. The molecule has 1 rings (SSSR count). The number of rotatable bonds is 5. The van der Waals surface area contributed by atoms with Crippen LogP contribution < -0.4 is 0 Å². The van der Waals surface area contributed by atoms with Crippen molar-refractivity contribution in [1.29, 1.82) is 0 Å². The zero-order chi connectivity index (χ0) is 12.1. The van der Waals surface area contributed by atoms with E-state index in [4.69, 9.17) is 16.7 Å². The fourth-order valence-corrected chi connectivity index (χ4v) is 2.14. The van der Waals surface area contributed by atoms with Crippen LogP contribution in [-0.4, -0.2) is 22.4 Å². The zero-order valence-corrected chi connectivity index (χ0v) is 9.72. The van der Waals surface area contributed by atoms with E-state index in [9.17, 15) is 14.5 Å². The van der Waals surface area contributed by atoms with Crippen molar-refractivity contribution in [1.82, 2.24) is 0 Å². The number of nitro groups is 1. The Morgan fingerprint density at radius 3 is 2.81 bits per heavy atom. The maximum Gasteiger partial charge on any atom is 0.284 e. The van der Waals surface area contributed by atoms with Gasteiger partial charge in [-0.2, -0.15) is 0 Å². The van der Waals surface area contributed by atoms with Crippen LogP contribution in [0.15, 0.2) is 17.0 Å². The summed E-state index contributed by atoms with van der Waals surface area (Å²) in [5.74, 6) is -0.197. The first-order chi connectivity index (χ1) is 7.56. The normalized spacial score (nSPS) is 10.4. The summed E-state index contributed by atoms with van der Waals surface area (Å²) in [6.45, 7) is -0.00311. The molecule has 0 radical (unpaired) electrons. The van der Waals surface area contributed by atoms with Gasteiger partial charge in [-0.1, -0.05) is 11.6 Å². The van der Waals surface area contributed by atoms with Crippen LogP contribution in [0.2, 0.25) is 5.02 Å². The third-order valence-electron chi connectivity index (χ3n) is 1.76. The Bertz CT molecular complexity index is 403. The highest BCUT2D eigenvalue weighted by Gasteiger charge is 2.17. The summed E-state index contributed by atoms with van der Waals surface area (Å²) in [7, 11) is 0. The second-order valence-corrected chi connectivity index (χ2v) is 4.46. The van der Waals surface area contributed by atoms with Gasteiger partial charge in [0.2, 0.25) is 0 Å². The summed E-state index contributed by atoms with van der Waals surface area (Å²) in [5.41, 5.74) is -0.214. The van der Waals surface area contributed by atoms with E-state index in [1.165, 1.54) is 0 Å². The van der Waals surface area contributed by atoms with Crippen LogP contribution in [0.4, 0.5) is 10.1 Å². The lowest BCUT2D eigenvalue weighted by atomic mass is 10.3. The number of hydrogen-bond acceptors (Lipinski definition) is 4. The van der Waals surface area contributed by atoms with E-state index >= 15 is 0 Å². The molecule has 16 heavy (non-hydrogen) atoms. The number of aliphatic hydroxyl groups excluding tert-OH is 1. The van der Waals surface area contributed by atoms with E-state index in [0.717, 1.165) is 23.9 Å². The maximum atomic E-state index is 13.1. The van der Waals surface area contributed by atoms with Crippen LogP contribution in [-0.2, 0) is 0 Å². The minimum absolute atomic E-state index is 0.00311. The fourth-order valence-electron chi connectivity index (χ4n) is 1.02. The van der Waals surface area contributed by atoms with Gasteiger partial charge in [0.05, 0.1) is 14.8 Å². The Morgan fingerprint density at radius 2 is 2.25 bits per heavy atom. The van der Waals surface area contributed by atoms with Crippen LogP contribution in [0.5, 0.6) is 0 Å². The first-order valence-electron chi connectivity index (χ1n) is 4.43. The minimum atomic E-state index is -0.682. The van der Waals surface area contributed by atoms with Gasteiger partial charge in [-0.3, -0.25) is 10.1 Å². The highest BCUT2D eigenvalue weighted by molar-refractivity contribution is 7.99. The molecule has 0 aromatic heterocycles. The first kappa shape index (κ1) is 13.2. The summed E-state index contributed by atoms with van der Waals surface area (Å²) in [5, 5.41) is 19.0. The molecule has 4 nitrogen and oxygen atoms in total. The van der Waals surface area contributed by atoms with Gasteiger partial charge in [-0.25, -0.2) is 4.39 Å². The Balaban J connectivity index is 2.95. The molecule has 0 bridgehead atoms. The van der Waals surface area contributed by atoms with E-state index in [2.05, 4.69) is 0 Å². The second kappa shape index (κ2) is 6.03. The van der Waals surface area contributed by atoms with Gasteiger partial charge in [-0.15, -0.1) is 11.8 Å². The molecule has 1 N–H and O–H groups in total. The lowest BCUT2D eigenvalue weighted by Crippen LogP contribution is -1.94. The van der Waals surface area contributed by atoms with Crippen molar-refractivity contribution in [2.75, 3.05) is 12.4 Å². The number of benzene rings is 1. The van der Waals surface area contributed by atoms with E-state index in [0.29, 0.717) is 12.2 Å². The molecule has 1 aromatic rings. The maximum absolute atomic E-state index is 13.1. The van der Waals surface area contributed by atoms with Crippen LogP contribution in [0.1, 0.15) is 6.42 Å². The van der Waals surface area contributed by atoms with Gasteiger partial charge in [-0.05, 0) is 12.5 Å². The number of aliphatic hydroxyl groups is 1. The van der Waals surface area contributed by atoms with Gasteiger partial charge in [0, 0.05) is 18.4 Å². The minimum Gasteiger partial charge on any atom is -0.396 e. The summed E-state index contributed by atoms with van der Waals surface area (Å²) < 4.78 is 13.1. The molecule has 0 atom stereocenters. The second-order valence-electron chi connectivity index (χ2n) is 2.92. The average molecular weight is 266 g/mol. The molecular weight excluding hydrogens is 257 g/mol. The van der Waals surface area contributed by atoms with Crippen molar-refractivity contribution in [3.05, 3.63) is 33.1 Å². The predicted molar refractivity (Wildman–Crippen MR) is 60.5 cm³/mol. The van der Waals surface area contributed by atoms with Crippen LogP contribution >= 0.6 is 23.4 Å². The van der Waals surface area contributed by atoms with Crippen LogP contribution in [0.3, 0.4) is 0 Å². The quantitative estimate of drug-likeness (QED) is 0.385. The number of nitrogens with zero attached hydrogens (tertiary/aromatic N) is 1. The van der Waals surface area contributed by atoms with Crippen molar-refractivity contribution in [2.24, 2.45) is 0 Å². The smallest absolute Gasteiger partial charge is 0.284 e. The van der Waals surface area contributed by atoms with Crippen LogP contribution in [0, 0.1) is 15.9 Å². The molecule has 0 fully saturated rings. The number of nitro benzene ring substituents is 1. The van der Waals surface area contributed by atoms with Gasteiger partial charge >= 0.3 is 0 Å². The summed E-state index contributed by atoms with van der Waals surface area (Å²) in [6.07, 6.45) is 0.492.